The minimum Gasteiger partial charge on any atom is -0.481 e. The number of aliphatic carboxylic acids is 1. The van der Waals surface area contributed by atoms with Crippen molar-refractivity contribution in [2.75, 3.05) is 318 Å². The number of carboxylic acids is 1. The Balaban J connectivity index is 0.932. The second-order valence-corrected chi connectivity index (χ2v) is 24.7. The average molecular weight is 1840 g/mol. The van der Waals surface area contributed by atoms with Gasteiger partial charge in [0.2, 0.25) is 0 Å². The van der Waals surface area contributed by atoms with Crippen LogP contribution in [-0.2, 0) is 231 Å². The van der Waals surface area contributed by atoms with E-state index in [1.165, 1.54) is 22.3 Å². The highest BCUT2D eigenvalue weighted by molar-refractivity contribution is 9.10. The van der Waals surface area contributed by atoms with E-state index >= 15 is 0 Å². The smallest absolute Gasteiger partial charge is 0.303 e. The number of carboxylic acid groups (broad SMARTS) is 1. The van der Waals surface area contributed by atoms with Crippen molar-refractivity contribution in [3.05, 3.63) is 81.8 Å². The standard InChI is InChI=1S/C75H123BrO46/c1-79-20-24-83-87-28-32-91-95-36-40-99-103-44-48-107-111-52-56-115-119-60-62-121-117-58-54-113-109-50-46-105-101-42-38-97-93-34-30-89-85-26-22-81-18-4-16-75(72-64-68(12-14-70(72)71-15-13-69(76)65-73(71)75)67-10-8-66(9-11-67)6-3-7-74(77)78)17-5-19-82-23-27-86-90-31-35-94-98-39-43-102-106-47-51-110-114-55-59-118-122-63-61-120-116-57-53-112-108-49-45-104-100-41-37-96-92-33-29-88-84-25-21-80-2/h8-15,64-65H,3-7,16-63H2,1-2H3,(H,77,78). The van der Waals surface area contributed by atoms with Crippen LogP contribution in [0.4, 0.5) is 0 Å². The van der Waals surface area contributed by atoms with E-state index in [-0.39, 0.29) is 263 Å². The molecule has 0 aromatic heterocycles. The summed E-state index contributed by atoms with van der Waals surface area (Å²) in [6.07, 6.45) is 4.43. The van der Waals surface area contributed by atoms with E-state index in [2.05, 4.69) is 76.6 Å². The van der Waals surface area contributed by atoms with Crippen molar-refractivity contribution in [3.63, 3.8) is 0 Å². The van der Waals surface area contributed by atoms with Gasteiger partial charge in [-0.3, -0.25) is 4.79 Å². The first kappa shape index (κ1) is 110. The molecule has 0 saturated carbocycles. The largest absolute Gasteiger partial charge is 0.481 e. The zero-order valence-electron chi connectivity index (χ0n) is 69.4. The monoisotopic (exact) mass is 1840 g/mol. The normalized spacial score (nSPS) is 12.4. The number of methoxy groups -OCH3 is 2. The van der Waals surface area contributed by atoms with Gasteiger partial charge in [0.15, 0.2) is 0 Å². The Morgan fingerprint density at radius 3 is 0.705 bits per heavy atom. The maximum absolute atomic E-state index is 11.2. The Morgan fingerprint density at radius 1 is 0.254 bits per heavy atom. The van der Waals surface area contributed by atoms with E-state index in [0.717, 1.165) is 46.8 Å². The molecule has 1 aliphatic rings. The van der Waals surface area contributed by atoms with Crippen molar-refractivity contribution in [2.45, 2.75) is 50.4 Å². The van der Waals surface area contributed by atoms with Crippen molar-refractivity contribution >= 4 is 21.9 Å². The van der Waals surface area contributed by atoms with Crippen LogP contribution in [0.5, 0.6) is 0 Å². The van der Waals surface area contributed by atoms with E-state index in [9.17, 15) is 9.90 Å². The van der Waals surface area contributed by atoms with Gasteiger partial charge < -0.3 is 24.1 Å². The molecule has 0 unspecified atom stereocenters. The third kappa shape index (κ3) is 62.9. The molecule has 0 radical (unpaired) electrons. The molecule has 122 heavy (non-hydrogen) atoms. The summed E-state index contributed by atoms with van der Waals surface area (Å²) in [5.41, 5.74) is 7.66. The van der Waals surface area contributed by atoms with Gasteiger partial charge in [-0.2, -0.15) is 0 Å². The quantitative estimate of drug-likeness (QED) is 0.0351. The van der Waals surface area contributed by atoms with E-state index < -0.39 is 5.97 Å². The maximum Gasteiger partial charge on any atom is 0.303 e. The SMILES string of the molecule is COCCOOCCOOCCOOCCOOCCOOCCOOCCOOCCOOCCOOCCOOCCOCCCC1(CCCOCCOOCCOOCCOOCCOOCCOOCCOOCCOOCCOOCCOOCCOOCCOC)c2cc(Br)ccc2-c2ccc(-c3ccc(CCCC(=O)O)cc3)cc21. The van der Waals surface area contributed by atoms with E-state index in [1.54, 1.807) is 14.2 Å². The van der Waals surface area contributed by atoms with Gasteiger partial charge in [-0.25, -0.2) is 196 Å². The van der Waals surface area contributed by atoms with E-state index in [4.69, 9.17) is 214 Å². The predicted molar refractivity (Wildman–Crippen MR) is 408 cm³/mol. The fourth-order valence-corrected chi connectivity index (χ4v) is 10.1. The minimum absolute atomic E-state index is 0.0845. The lowest BCUT2D eigenvalue weighted by Gasteiger charge is -2.33. The number of aryl methyl sites for hydroxylation is 1. The number of hydrogen-bond donors (Lipinski definition) is 1. The summed E-state index contributed by atoms with van der Waals surface area (Å²) in [6.45, 7) is 7.44. The van der Waals surface area contributed by atoms with Crippen molar-refractivity contribution in [1.29, 1.82) is 0 Å². The summed E-state index contributed by atoms with van der Waals surface area (Å²) >= 11 is 3.78. The third-order valence-electron chi connectivity index (χ3n) is 14.8. The summed E-state index contributed by atoms with van der Waals surface area (Å²) in [6, 6.07) is 21.5. The van der Waals surface area contributed by atoms with Gasteiger partial charge in [-0.15, -0.1) is 0 Å². The minimum atomic E-state index is -0.802. The van der Waals surface area contributed by atoms with Crippen LogP contribution in [0.1, 0.15) is 55.2 Å². The second kappa shape index (κ2) is 85.0. The molecule has 0 bridgehead atoms. The third-order valence-corrected chi connectivity index (χ3v) is 15.3. The molecule has 706 valence electrons. The lowest BCUT2D eigenvalue weighted by molar-refractivity contribution is -0.379. The molecular weight excluding hydrogens is 1720 g/mol. The van der Waals surface area contributed by atoms with Crippen LogP contribution in [0, 0.1) is 0 Å². The van der Waals surface area contributed by atoms with Crippen molar-refractivity contribution in [1.82, 2.24) is 0 Å². The Bertz CT molecular complexity index is 2650. The Hall–Kier alpha value is -4.15. The summed E-state index contributed by atoms with van der Waals surface area (Å²) < 4.78 is 22.7. The molecule has 0 atom stereocenters. The van der Waals surface area contributed by atoms with Gasteiger partial charge in [-0.1, -0.05) is 58.4 Å². The number of ether oxygens (including phenoxy) is 4. The van der Waals surface area contributed by atoms with Crippen molar-refractivity contribution < 1.29 is 224 Å². The van der Waals surface area contributed by atoms with E-state index in [0.29, 0.717) is 65.7 Å². The Morgan fingerprint density at radius 2 is 0.467 bits per heavy atom. The average Bonchev–Trinajstić information content (AvgIpc) is 1.56. The highest BCUT2D eigenvalue weighted by Crippen LogP contribution is 2.55. The van der Waals surface area contributed by atoms with Crippen LogP contribution in [0.2, 0.25) is 0 Å². The van der Waals surface area contributed by atoms with Crippen LogP contribution in [0.15, 0.2) is 65.1 Å². The Labute approximate surface area is 716 Å². The van der Waals surface area contributed by atoms with Gasteiger partial charge in [0, 0.05) is 43.7 Å². The lowest BCUT2D eigenvalue weighted by atomic mass is 9.71. The van der Waals surface area contributed by atoms with Crippen molar-refractivity contribution in [2.24, 2.45) is 0 Å². The van der Waals surface area contributed by atoms with Crippen LogP contribution < -0.4 is 0 Å². The highest BCUT2D eigenvalue weighted by atomic mass is 79.9. The van der Waals surface area contributed by atoms with Crippen LogP contribution in [0.3, 0.4) is 0 Å². The van der Waals surface area contributed by atoms with Gasteiger partial charge in [0.05, 0.1) is 26.4 Å². The first-order chi connectivity index (χ1) is 60.5. The Kier molecular flexibility index (Phi) is 76.7. The molecule has 0 fully saturated rings. The van der Waals surface area contributed by atoms with E-state index in [1.807, 2.05) is 0 Å². The topological polar surface area (TPSA) is 443 Å². The van der Waals surface area contributed by atoms with Gasteiger partial charge in [0.1, 0.15) is 264 Å². The molecule has 47 heteroatoms. The highest BCUT2D eigenvalue weighted by Gasteiger charge is 2.43. The maximum atomic E-state index is 11.2. The molecule has 46 nitrogen and oxygen atoms in total. The zero-order valence-corrected chi connectivity index (χ0v) is 71.0. The number of fused-ring (bicyclic) bond motifs is 3. The first-order valence-corrected chi connectivity index (χ1v) is 40.6. The number of hydrogen-bond acceptors (Lipinski definition) is 45. The molecule has 0 amide bonds. The number of carbonyl (C=O) groups is 1. The fourth-order valence-electron chi connectivity index (χ4n) is 9.78. The molecule has 1 aliphatic carbocycles. The molecule has 0 saturated heterocycles. The fraction of sp³-hybridized carbons (Fsp3) is 0.747. The van der Waals surface area contributed by atoms with Gasteiger partial charge >= 0.3 is 5.97 Å². The van der Waals surface area contributed by atoms with Gasteiger partial charge in [0.25, 0.3) is 0 Å². The number of rotatable bonds is 99. The number of benzene rings is 3. The van der Waals surface area contributed by atoms with Crippen LogP contribution in [-0.4, -0.2) is 329 Å². The molecule has 3 aromatic carbocycles. The molecule has 0 aliphatic heterocycles. The number of halogens is 1. The van der Waals surface area contributed by atoms with Crippen molar-refractivity contribution in [3.8, 4) is 22.3 Å². The molecular formula is C75H123BrO46. The van der Waals surface area contributed by atoms with Crippen LogP contribution in [0.25, 0.3) is 22.3 Å². The first-order valence-electron chi connectivity index (χ1n) is 39.8. The second-order valence-electron chi connectivity index (χ2n) is 23.8. The van der Waals surface area contributed by atoms with Gasteiger partial charge in [-0.05, 0) is 95.7 Å². The predicted octanol–water partition coefficient (Wildman–Crippen LogP) is 6.64. The molecule has 0 spiro atoms. The summed E-state index contributed by atoms with van der Waals surface area (Å²) in [5, 5.41) is 9.17. The summed E-state index contributed by atoms with van der Waals surface area (Å²) in [5.74, 6) is -0.802. The molecule has 1 N–H and O–H groups in total. The zero-order chi connectivity index (χ0) is 86.4. The summed E-state index contributed by atoms with van der Waals surface area (Å²) in [7, 11) is 3.13. The summed E-state index contributed by atoms with van der Waals surface area (Å²) in [4.78, 5) is 210. The lowest BCUT2D eigenvalue weighted by Crippen LogP contribution is -2.27. The van der Waals surface area contributed by atoms with Crippen LogP contribution >= 0.6 is 15.9 Å². The molecule has 3 aromatic rings. The molecule has 0 heterocycles. The molecule has 4 rings (SSSR count).